The van der Waals surface area contributed by atoms with E-state index in [1.54, 1.807) is 6.07 Å². The molecule has 0 aliphatic rings. The topological polar surface area (TPSA) is 29.1 Å². The van der Waals surface area contributed by atoms with E-state index < -0.39 is 5.82 Å². The third-order valence-corrected chi connectivity index (χ3v) is 3.16. The Balaban J connectivity index is 2.36. The lowest BCUT2D eigenvalue weighted by Gasteiger charge is -2.07. The molecule has 0 spiro atoms. The Hall–Kier alpha value is -0.900. The van der Waals surface area contributed by atoms with Crippen molar-refractivity contribution in [1.29, 1.82) is 0 Å². The number of nitrogens with one attached hydrogen (secondary N) is 1. The zero-order chi connectivity index (χ0) is 13.5. The first kappa shape index (κ1) is 15.2. The predicted molar refractivity (Wildman–Crippen MR) is 75.1 cm³/mol. The van der Waals surface area contributed by atoms with Crippen molar-refractivity contribution in [2.75, 3.05) is 6.54 Å². The zero-order valence-electron chi connectivity index (χ0n) is 10.8. The summed E-state index contributed by atoms with van der Waals surface area (Å²) in [6.07, 6.45) is 3.17. The van der Waals surface area contributed by atoms with E-state index in [-0.39, 0.29) is 11.5 Å². The molecule has 0 aliphatic carbocycles. The third-order valence-electron chi connectivity index (χ3n) is 2.67. The molecule has 1 aromatic rings. The van der Waals surface area contributed by atoms with Gasteiger partial charge in [-0.2, -0.15) is 0 Å². The second-order valence-corrected chi connectivity index (χ2v) is 5.69. The largest absolute Gasteiger partial charge is 0.352 e. The minimum Gasteiger partial charge on any atom is -0.352 e. The Morgan fingerprint density at radius 2 is 2.11 bits per heavy atom. The maximum Gasteiger partial charge on any atom is 0.254 e. The van der Waals surface area contributed by atoms with Crippen LogP contribution < -0.4 is 5.32 Å². The summed E-state index contributed by atoms with van der Waals surface area (Å²) in [6, 6.07) is 4.45. The Morgan fingerprint density at radius 1 is 1.39 bits per heavy atom. The third kappa shape index (κ3) is 5.17. The van der Waals surface area contributed by atoms with Gasteiger partial charge in [0.1, 0.15) is 5.82 Å². The Morgan fingerprint density at radius 3 is 2.72 bits per heavy atom. The summed E-state index contributed by atoms with van der Waals surface area (Å²) >= 11 is 3.16. The van der Waals surface area contributed by atoms with Crippen LogP contribution in [0.5, 0.6) is 0 Å². The number of hydrogen-bond acceptors (Lipinski definition) is 1. The van der Waals surface area contributed by atoms with Gasteiger partial charge in [-0.3, -0.25) is 4.79 Å². The van der Waals surface area contributed by atoms with Crippen molar-refractivity contribution in [2.45, 2.75) is 33.1 Å². The average Bonchev–Trinajstić information content (AvgIpc) is 2.27. The van der Waals surface area contributed by atoms with Crippen molar-refractivity contribution < 1.29 is 9.18 Å². The van der Waals surface area contributed by atoms with Crippen molar-refractivity contribution in [2.24, 2.45) is 5.92 Å². The second-order valence-electron chi connectivity index (χ2n) is 4.77. The van der Waals surface area contributed by atoms with Crippen molar-refractivity contribution in [1.82, 2.24) is 5.32 Å². The quantitative estimate of drug-likeness (QED) is 0.785. The van der Waals surface area contributed by atoms with Crippen LogP contribution in [-0.4, -0.2) is 12.5 Å². The summed E-state index contributed by atoms with van der Waals surface area (Å²) in [4.78, 5) is 11.7. The minimum absolute atomic E-state index is 0.0991. The highest BCUT2D eigenvalue weighted by molar-refractivity contribution is 9.10. The van der Waals surface area contributed by atoms with Gasteiger partial charge in [-0.15, -0.1) is 0 Å². The molecule has 100 valence electrons. The molecular formula is C14H19BrFNO. The Bertz CT molecular complexity index is 407. The predicted octanol–water partition coefficient (Wildman–Crippen LogP) is 4.14. The Kier molecular flexibility index (Phi) is 6.33. The summed E-state index contributed by atoms with van der Waals surface area (Å²) in [5.74, 6) is -0.154. The molecule has 1 rings (SSSR count). The van der Waals surface area contributed by atoms with E-state index in [0.29, 0.717) is 16.9 Å². The first-order valence-corrected chi connectivity index (χ1v) is 7.03. The maximum atomic E-state index is 13.5. The lowest BCUT2D eigenvalue weighted by molar-refractivity contribution is 0.0949. The monoisotopic (exact) mass is 315 g/mol. The van der Waals surface area contributed by atoms with Crippen LogP contribution in [0.15, 0.2) is 22.7 Å². The summed E-state index contributed by atoms with van der Waals surface area (Å²) in [5.41, 5.74) is 0.0991. The van der Waals surface area contributed by atoms with E-state index in [0.717, 1.165) is 19.3 Å². The minimum atomic E-state index is -0.496. The van der Waals surface area contributed by atoms with Crippen LogP contribution in [-0.2, 0) is 0 Å². The van der Waals surface area contributed by atoms with E-state index in [2.05, 4.69) is 35.1 Å². The van der Waals surface area contributed by atoms with Gasteiger partial charge in [0.15, 0.2) is 0 Å². The molecule has 1 amide bonds. The van der Waals surface area contributed by atoms with Gasteiger partial charge in [0.05, 0.1) is 5.56 Å². The van der Waals surface area contributed by atoms with Crippen LogP contribution in [0.4, 0.5) is 4.39 Å². The normalized spacial score (nSPS) is 10.7. The lowest BCUT2D eigenvalue weighted by Crippen LogP contribution is -2.25. The van der Waals surface area contributed by atoms with Crippen LogP contribution in [0, 0.1) is 11.7 Å². The second kappa shape index (κ2) is 7.52. The number of rotatable bonds is 6. The first-order chi connectivity index (χ1) is 8.50. The number of unbranched alkanes of at least 4 members (excludes halogenated alkanes) is 1. The molecule has 0 heterocycles. The highest BCUT2D eigenvalue weighted by Gasteiger charge is 2.10. The summed E-state index contributed by atoms with van der Waals surface area (Å²) in [5, 5.41) is 2.74. The molecule has 0 aliphatic heterocycles. The molecule has 2 nitrogen and oxygen atoms in total. The standard InChI is InChI=1S/C14H19BrFNO/c1-10(2)5-3-4-8-17-14(18)12-7-6-11(15)9-13(12)16/h6-7,9-10H,3-5,8H2,1-2H3,(H,17,18). The lowest BCUT2D eigenvalue weighted by atomic mass is 10.1. The molecule has 0 atom stereocenters. The molecule has 0 bridgehead atoms. The molecule has 0 saturated carbocycles. The van der Waals surface area contributed by atoms with Crippen LogP contribution >= 0.6 is 15.9 Å². The molecule has 0 radical (unpaired) electrons. The number of carbonyl (C=O) groups is 1. The fraction of sp³-hybridized carbons (Fsp3) is 0.500. The smallest absolute Gasteiger partial charge is 0.254 e. The average molecular weight is 316 g/mol. The molecule has 0 aromatic heterocycles. The van der Waals surface area contributed by atoms with Crippen LogP contribution in [0.2, 0.25) is 0 Å². The number of amides is 1. The molecule has 4 heteroatoms. The highest BCUT2D eigenvalue weighted by Crippen LogP contribution is 2.15. The molecule has 1 N–H and O–H groups in total. The van der Waals surface area contributed by atoms with Crippen LogP contribution in [0.3, 0.4) is 0 Å². The molecule has 18 heavy (non-hydrogen) atoms. The molecule has 0 fully saturated rings. The van der Waals surface area contributed by atoms with E-state index in [9.17, 15) is 9.18 Å². The van der Waals surface area contributed by atoms with Gasteiger partial charge < -0.3 is 5.32 Å². The fourth-order valence-corrected chi connectivity index (χ4v) is 1.98. The SMILES string of the molecule is CC(C)CCCCNC(=O)c1ccc(Br)cc1F. The fourth-order valence-electron chi connectivity index (χ4n) is 1.65. The highest BCUT2D eigenvalue weighted by atomic mass is 79.9. The van der Waals surface area contributed by atoms with E-state index in [1.807, 2.05) is 0 Å². The molecular weight excluding hydrogens is 297 g/mol. The van der Waals surface area contributed by atoms with Crippen LogP contribution in [0.1, 0.15) is 43.5 Å². The maximum absolute atomic E-state index is 13.5. The van der Waals surface area contributed by atoms with Crippen LogP contribution in [0.25, 0.3) is 0 Å². The summed E-state index contributed by atoms with van der Waals surface area (Å²) in [6.45, 7) is 4.95. The molecule has 0 saturated heterocycles. The summed E-state index contributed by atoms with van der Waals surface area (Å²) < 4.78 is 14.1. The number of halogens is 2. The van der Waals surface area contributed by atoms with Crippen molar-refractivity contribution in [3.8, 4) is 0 Å². The van der Waals surface area contributed by atoms with E-state index >= 15 is 0 Å². The van der Waals surface area contributed by atoms with E-state index in [4.69, 9.17) is 0 Å². The van der Waals surface area contributed by atoms with Gasteiger partial charge in [-0.1, -0.05) is 42.6 Å². The van der Waals surface area contributed by atoms with Gasteiger partial charge in [0, 0.05) is 11.0 Å². The first-order valence-electron chi connectivity index (χ1n) is 6.24. The molecule has 0 unspecified atom stereocenters. The molecule has 1 aromatic carbocycles. The van der Waals surface area contributed by atoms with Gasteiger partial charge in [-0.05, 0) is 30.5 Å². The van der Waals surface area contributed by atoms with E-state index in [1.165, 1.54) is 12.1 Å². The van der Waals surface area contributed by atoms with Crippen molar-refractivity contribution in [3.05, 3.63) is 34.1 Å². The van der Waals surface area contributed by atoms with Crippen molar-refractivity contribution in [3.63, 3.8) is 0 Å². The zero-order valence-corrected chi connectivity index (χ0v) is 12.4. The van der Waals surface area contributed by atoms with Gasteiger partial charge in [-0.25, -0.2) is 4.39 Å². The van der Waals surface area contributed by atoms with Crippen molar-refractivity contribution >= 4 is 21.8 Å². The van der Waals surface area contributed by atoms with Gasteiger partial charge in [0.25, 0.3) is 5.91 Å². The van der Waals surface area contributed by atoms with Gasteiger partial charge in [0.2, 0.25) is 0 Å². The van der Waals surface area contributed by atoms with Gasteiger partial charge >= 0.3 is 0 Å². The number of hydrogen-bond donors (Lipinski definition) is 1. The number of benzene rings is 1. The number of carbonyl (C=O) groups excluding carboxylic acids is 1. The summed E-state index contributed by atoms with van der Waals surface area (Å²) in [7, 11) is 0. The Labute approximate surface area is 116 Å².